The van der Waals surface area contributed by atoms with E-state index in [4.69, 9.17) is 4.42 Å². The zero-order chi connectivity index (χ0) is 22.1. The maximum Gasteiger partial charge on any atom is 0.307 e. The molecule has 31 heavy (non-hydrogen) atoms. The number of nitrogens with one attached hydrogen (secondary N) is 1. The van der Waals surface area contributed by atoms with Crippen LogP contribution in [0.4, 0.5) is 10.1 Å². The number of nitrogens with zero attached hydrogens (tertiary/aromatic N) is 3. The molecular formula is C22H17FN4O4. The van der Waals surface area contributed by atoms with Crippen molar-refractivity contribution in [1.29, 1.82) is 0 Å². The van der Waals surface area contributed by atoms with E-state index in [1.54, 1.807) is 22.8 Å². The molecule has 8 nitrogen and oxygen atoms in total. The number of para-hydroxylation sites is 1. The van der Waals surface area contributed by atoms with Gasteiger partial charge in [-0.1, -0.05) is 12.1 Å². The van der Waals surface area contributed by atoms with Crippen molar-refractivity contribution in [3.05, 3.63) is 93.2 Å². The van der Waals surface area contributed by atoms with Gasteiger partial charge >= 0.3 is 5.91 Å². The molecule has 0 aliphatic carbocycles. The van der Waals surface area contributed by atoms with Crippen LogP contribution in [-0.4, -0.2) is 21.6 Å². The van der Waals surface area contributed by atoms with Crippen LogP contribution in [0.5, 0.6) is 0 Å². The highest BCUT2D eigenvalue weighted by molar-refractivity contribution is 5.97. The highest BCUT2D eigenvalue weighted by Gasteiger charge is 2.15. The van der Waals surface area contributed by atoms with E-state index in [-0.39, 0.29) is 17.3 Å². The van der Waals surface area contributed by atoms with E-state index in [0.29, 0.717) is 22.2 Å². The summed E-state index contributed by atoms with van der Waals surface area (Å²) >= 11 is 0. The van der Waals surface area contributed by atoms with Crippen LogP contribution in [0.1, 0.15) is 27.5 Å². The highest BCUT2D eigenvalue weighted by atomic mass is 19.1. The number of hydrazone groups is 1. The van der Waals surface area contributed by atoms with E-state index in [0.717, 1.165) is 11.4 Å². The summed E-state index contributed by atoms with van der Waals surface area (Å²) in [6.07, 6.45) is 1.46. The van der Waals surface area contributed by atoms with E-state index < -0.39 is 10.8 Å². The summed E-state index contributed by atoms with van der Waals surface area (Å²) in [7, 11) is 0. The molecule has 0 spiro atoms. The van der Waals surface area contributed by atoms with Gasteiger partial charge in [-0.3, -0.25) is 14.9 Å². The van der Waals surface area contributed by atoms with Gasteiger partial charge in [0.25, 0.3) is 5.69 Å². The third-order valence-corrected chi connectivity index (χ3v) is 4.87. The highest BCUT2D eigenvalue weighted by Crippen LogP contribution is 2.24. The van der Waals surface area contributed by atoms with Gasteiger partial charge in [0.15, 0.2) is 5.76 Å². The quantitative estimate of drug-likeness (QED) is 0.288. The normalized spacial score (nSPS) is 11.3. The molecular weight excluding hydrogens is 403 g/mol. The predicted molar refractivity (Wildman–Crippen MR) is 113 cm³/mol. The molecule has 0 radical (unpaired) electrons. The molecule has 2 aromatic carbocycles. The van der Waals surface area contributed by atoms with Crippen molar-refractivity contribution in [1.82, 2.24) is 9.99 Å². The van der Waals surface area contributed by atoms with Gasteiger partial charge in [0.05, 0.1) is 16.8 Å². The number of furan rings is 1. The number of rotatable bonds is 5. The molecule has 0 atom stereocenters. The van der Waals surface area contributed by atoms with E-state index in [1.165, 1.54) is 36.5 Å². The summed E-state index contributed by atoms with van der Waals surface area (Å²) in [5.74, 6) is -0.964. The summed E-state index contributed by atoms with van der Waals surface area (Å²) in [5.41, 5.74) is 5.35. The minimum absolute atomic E-state index is 0.0236. The Morgan fingerprint density at radius 1 is 1.19 bits per heavy atom. The van der Waals surface area contributed by atoms with Gasteiger partial charge in [0.2, 0.25) is 0 Å². The minimum atomic E-state index is -0.599. The Morgan fingerprint density at radius 2 is 1.97 bits per heavy atom. The zero-order valence-electron chi connectivity index (χ0n) is 16.6. The molecule has 4 rings (SSSR count). The summed E-state index contributed by atoms with van der Waals surface area (Å²) in [5, 5.41) is 15.3. The lowest BCUT2D eigenvalue weighted by Gasteiger charge is -2.10. The van der Waals surface area contributed by atoms with Crippen LogP contribution in [0.15, 0.2) is 64.1 Å². The Hall–Kier alpha value is -4.27. The Morgan fingerprint density at radius 3 is 2.71 bits per heavy atom. The van der Waals surface area contributed by atoms with E-state index >= 15 is 0 Å². The first-order valence-electron chi connectivity index (χ1n) is 9.30. The second-order valence-corrected chi connectivity index (χ2v) is 6.90. The zero-order valence-corrected chi connectivity index (χ0v) is 16.6. The topological polar surface area (TPSA) is 103 Å². The third-order valence-electron chi connectivity index (χ3n) is 4.87. The molecule has 9 heteroatoms. The molecule has 0 aliphatic heterocycles. The lowest BCUT2D eigenvalue weighted by Crippen LogP contribution is -2.16. The lowest BCUT2D eigenvalue weighted by molar-refractivity contribution is -0.384. The first kappa shape index (κ1) is 20.0. The van der Waals surface area contributed by atoms with Crippen molar-refractivity contribution >= 4 is 28.8 Å². The van der Waals surface area contributed by atoms with Crippen LogP contribution >= 0.6 is 0 Å². The van der Waals surface area contributed by atoms with Crippen molar-refractivity contribution < 1.29 is 18.5 Å². The number of hydrogen-bond acceptors (Lipinski definition) is 5. The van der Waals surface area contributed by atoms with Crippen molar-refractivity contribution in [2.24, 2.45) is 5.10 Å². The monoisotopic (exact) mass is 420 g/mol. The van der Waals surface area contributed by atoms with Crippen LogP contribution in [0.25, 0.3) is 16.7 Å². The van der Waals surface area contributed by atoms with Gasteiger partial charge in [0, 0.05) is 34.5 Å². The van der Waals surface area contributed by atoms with Crippen LogP contribution in [0, 0.1) is 29.8 Å². The van der Waals surface area contributed by atoms with Crippen molar-refractivity contribution in [2.45, 2.75) is 13.8 Å². The first-order valence-corrected chi connectivity index (χ1v) is 9.30. The number of aromatic nitrogens is 1. The summed E-state index contributed by atoms with van der Waals surface area (Å²) in [6.45, 7) is 3.68. The van der Waals surface area contributed by atoms with Crippen LogP contribution < -0.4 is 5.43 Å². The number of nitro benzene ring substituents is 1. The molecule has 0 bridgehead atoms. The molecule has 0 fully saturated rings. The second kappa shape index (κ2) is 7.86. The fourth-order valence-electron chi connectivity index (χ4n) is 3.39. The number of carbonyl (C=O) groups is 1. The fraction of sp³-hybridized carbons (Fsp3) is 0.0909. The number of non-ortho nitro benzene ring substituents is 1. The molecule has 2 aromatic heterocycles. The van der Waals surface area contributed by atoms with Gasteiger partial charge in [-0.15, -0.1) is 0 Å². The SMILES string of the molecule is Cc1cc(/C=N/NC(=O)c2cc3cc([N+](=O)[O-])ccc3o2)c(C)n1-c1ccccc1F. The van der Waals surface area contributed by atoms with E-state index in [2.05, 4.69) is 10.5 Å². The van der Waals surface area contributed by atoms with Crippen LogP contribution in [0.3, 0.4) is 0 Å². The van der Waals surface area contributed by atoms with Crippen molar-refractivity contribution in [2.75, 3.05) is 0 Å². The molecule has 0 unspecified atom stereocenters. The summed E-state index contributed by atoms with van der Waals surface area (Å²) in [4.78, 5) is 22.7. The Bertz CT molecular complexity index is 1350. The maximum atomic E-state index is 14.2. The molecule has 0 saturated heterocycles. The fourth-order valence-corrected chi connectivity index (χ4v) is 3.39. The molecule has 156 valence electrons. The van der Waals surface area contributed by atoms with Gasteiger partial charge in [-0.05, 0) is 44.2 Å². The smallest absolute Gasteiger partial charge is 0.307 e. The number of hydrogen-bond donors (Lipinski definition) is 1. The standard InChI is InChI=1S/C22H17FN4O4/c1-13-9-16(14(2)26(13)19-6-4-3-5-18(19)23)12-24-25-22(28)21-11-15-10-17(27(29)30)7-8-20(15)31-21/h3-12H,1-2H3,(H,25,28)/b24-12+. The number of carbonyl (C=O) groups excluding carboxylic acids is 1. The van der Waals surface area contributed by atoms with Gasteiger partial charge in [-0.25, -0.2) is 9.82 Å². The largest absolute Gasteiger partial charge is 0.451 e. The van der Waals surface area contributed by atoms with Gasteiger partial charge < -0.3 is 8.98 Å². The number of amides is 1. The molecule has 1 N–H and O–H groups in total. The maximum absolute atomic E-state index is 14.2. The van der Waals surface area contributed by atoms with Crippen molar-refractivity contribution in [3.8, 4) is 5.69 Å². The molecule has 0 aliphatic rings. The molecule has 1 amide bonds. The Kier molecular flexibility index (Phi) is 5.08. The summed E-state index contributed by atoms with van der Waals surface area (Å²) in [6, 6.07) is 13.8. The number of aryl methyl sites for hydroxylation is 1. The van der Waals surface area contributed by atoms with Gasteiger partial charge in [0.1, 0.15) is 11.4 Å². The summed E-state index contributed by atoms with van der Waals surface area (Å²) < 4.78 is 21.4. The average molecular weight is 420 g/mol. The number of benzene rings is 2. The van der Waals surface area contributed by atoms with E-state index in [9.17, 15) is 19.3 Å². The van der Waals surface area contributed by atoms with Crippen molar-refractivity contribution in [3.63, 3.8) is 0 Å². The van der Waals surface area contributed by atoms with Crippen LogP contribution in [-0.2, 0) is 0 Å². The minimum Gasteiger partial charge on any atom is -0.451 e. The number of fused-ring (bicyclic) bond motifs is 1. The number of nitro groups is 1. The Balaban J connectivity index is 1.53. The molecule has 4 aromatic rings. The van der Waals surface area contributed by atoms with Crippen LogP contribution in [0.2, 0.25) is 0 Å². The lowest BCUT2D eigenvalue weighted by atomic mass is 10.2. The number of halogens is 1. The van der Waals surface area contributed by atoms with E-state index in [1.807, 2.05) is 19.9 Å². The molecule has 0 saturated carbocycles. The second-order valence-electron chi connectivity index (χ2n) is 6.90. The Labute approximate surface area is 175 Å². The predicted octanol–water partition coefficient (Wildman–Crippen LogP) is 4.65. The first-order chi connectivity index (χ1) is 14.8. The average Bonchev–Trinajstić information content (AvgIpc) is 3.29. The van der Waals surface area contributed by atoms with Gasteiger partial charge in [-0.2, -0.15) is 5.10 Å². The molecule has 2 heterocycles. The third kappa shape index (κ3) is 3.80.